The van der Waals surface area contributed by atoms with Crippen LogP contribution in [0.15, 0.2) is 78.3 Å². The largest absolute Gasteiger partial charge is 0.393 e. The Morgan fingerprint density at radius 1 is 1.25 bits per heavy atom. The first-order chi connectivity index (χ1) is 15.3. The predicted octanol–water partition coefficient (Wildman–Crippen LogP) is 4.15. The second kappa shape index (κ2) is 13.1. The molecule has 1 aromatic heterocycles. The number of allylic oxidation sites excluding steroid dienone is 4. The summed E-state index contributed by atoms with van der Waals surface area (Å²) in [6.07, 6.45) is 9.56. The van der Waals surface area contributed by atoms with Crippen LogP contribution in [-0.4, -0.2) is 48.3 Å². The summed E-state index contributed by atoms with van der Waals surface area (Å²) in [4.78, 5) is 14.4. The SMILES string of the molecule is C=C(C)C(=C\C(=C/C)C(=O)N(C)CC)/C(=C\NC)c1ccc(-c2cnn(C)c2)cc1.CN. The number of nitrogens with two attached hydrogens (primary N) is 1. The van der Waals surface area contributed by atoms with Crippen molar-refractivity contribution in [2.45, 2.75) is 20.8 Å². The van der Waals surface area contributed by atoms with E-state index in [1.807, 2.05) is 72.7 Å². The summed E-state index contributed by atoms with van der Waals surface area (Å²) >= 11 is 0. The number of carbonyl (C=O) groups is 1. The summed E-state index contributed by atoms with van der Waals surface area (Å²) in [5.74, 6) is -0.00511. The molecular weight excluding hydrogens is 398 g/mol. The third kappa shape index (κ3) is 6.82. The Kier molecular flexibility index (Phi) is 10.9. The summed E-state index contributed by atoms with van der Waals surface area (Å²) in [7, 11) is 7.08. The average molecular weight is 436 g/mol. The molecule has 0 radical (unpaired) electrons. The average Bonchev–Trinajstić information content (AvgIpc) is 3.25. The lowest BCUT2D eigenvalue weighted by Crippen LogP contribution is -2.27. The summed E-state index contributed by atoms with van der Waals surface area (Å²) in [5, 5.41) is 7.38. The number of likely N-dealkylation sites (N-methyl/N-ethyl adjacent to an activating group) is 1. The maximum atomic E-state index is 12.7. The predicted molar refractivity (Wildman–Crippen MR) is 136 cm³/mol. The van der Waals surface area contributed by atoms with Gasteiger partial charge in [-0.05, 0) is 50.6 Å². The Morgan fingerprint density at radius 3 is 2.31 bits per heavy atom. The molecule has 2 rings (SSSR count). The zero-order chi connectivity index (χ0) is 24.3. The van der Waals surface area contributed by atoms with Crippen LogP contribution >= 0.6 is 0 Å². The van der Waals surface area contributed by atoms with E-state index in [1.165, 1.54) is 7.05 Å². The Hall–Kier alpha value is -3.38. The van der Waals surface area contributed by atoms with Gasteiger partial charge >= 0.3 is 0 Å². The molecule has 3 N–H and O–H groups in total. The highest BCUT2D eigenvalue weighted by atomic mass is 16.2. The van der Waals surface area contributed by atoms with Gasteiger partial charge in [0.2, 0.25) is 0 Å². The van der Waals surface area contributed by atoms with Gasteiger partial charge in [0, 0.05) is 56.8 Å². The maximum absolute atomic E-state index is 12.7. The number of nitrogens with zero attached hydrogens (tertiary/aromatic N) is 3. The van der Waals surface area contributed by atoms with Crippen LogP contribution in [0, 0.1) is 0 Å². The van der Waals surface area contributed by atoms with Crippen molar-refractivity contribution in [1.82, 2.24) is 20.0 Å². The first-order valence-corrected chi connectivity index (χ1v) is 10.7. The van der Waals surface area contributed by atoms with Crippen LogP contribution in [0.1, 0.15) is 26.3 Å². The summed E-state index contributed by atoms with van der Waals surface area (Å²) in [6, 6.07) is 8.33. The van der Waals surface area contributed by atoms with E-state index in [-0.39, 0.29) is 5.91 Å². The van der Waals surface area contributed by atoms with Gasteiger partial charge in [-0.25, -0.2) is 0 Å². The minimum atomic E-state index is -0.00511. The monoisotopic (exact) mass is 435 g/mol. The van der Waals surface area contributed by atoms with E-state index in [4.69, 9.17) is 0 Å². The van der Waals surface area contributed by atoms with Gasteiger partial charge in [-0.1, -0.05) is 42.5 Å². The van der Waals surface area contributed by atoms with Crippen LogP contribution in [-0.2, 0) is 11.8 Å². The number of rotatable bonds is 8. The van der Waals surface area contributed by atoms with E-state index in [1.54, 1.807) is 9.58 Å². The lowest BCUT2D eigenvalue weighted by atomic mass is 9.91. The highest BCUT2D eigenvalue weighted by molar-refractivity contribution is 5.98. The van der Waals surface area contributed by atoms with E-state index in [0.717, 1.165) is 33.4 Å². The highest BCUT2D eigenvalue weighted by Crippen LogP contribution is 2.30. The smallest absolute Gasteiger partial charge is 0.253 e. The van der Waals surface area contributed by atoms with Crippen molar-refractivity contribution in [3.8, 4) is 11.1 Å². The molecule has 172 valence electrons. The van der Waals surface area contributed by atoms with Gasteiger partial charge < -0.3 is 16.0 Å². The maximum Gasteiger partial charge on any atom is 0.253 e. The third-order valence-electron chi connectivity index (χ3n) is 4.95. The standard InChI is InChI=1S/C25H32N4O.CH5N/c1-8-19(25(30)28(6)9-2)14-23(18(3)4)24(16-26-5)21-12-10-20(11-13-21)22-15-27-29(7)17-22;1-2/h8,10-17,26H,3,9H2,1-2,4-7H3;2H2,1H3/b19-8+,23-14+,24-16-;. The topological polar surface area (TPSA) is 76.2 Å². The van der Waals surface area contributed by atoms with Gasteiger partial charge in [0.1, 0.15) is 0 Å². The summed E-state index contributed by atoms with van der Waals surface area (Å²) in [6.45, 7) is 10.6. The zero-order valence-electron chi connectivity index (χ0n) is 20.4. The van der Waals surface area contributed by atoms with Crippen LogP contribution in [0.25, 0.3) is 16.7 Å². The quantitative estimate of drug-likeness (QED) is 0.482. The molecule has 0 unspecified atom stereocenters. The van der Waals surface area contributed by atoms with Crippen molar-refractivity contribution >= 4 is 11.5 Å². The molecular formula is C26H37N5O. The van der Waals surface area contributed by atoms with E-state index in [2.05, 4.69) is 47.0 Å². The molecule has 0 bridgehead atoms. The van der Waals surface area contributed by atoms with E-state index in [0.29, 0.717) is 12.1 Å². The zero-order valence-corrected chi connectivity index (χ0v) is 20.4. The third-order valence-corrected chi connectivity index (χ3v) is 4.95. The summed E-state index contributed by atoms with van der Waals surface area (Å²) < 4.78 is 1.79. The molecule has 1 amide bonds. The fourth-order valence-electron chi connectivity index (χ4n) is 3.09. The normalized spacial score (nSPS) is 12.1. The van der Waals surface area contributed by atoms with Crippen molar-refractivity contribution in [3.05, 3.63) is 83.9 Å². The first kappa shape index (κ1) is 26.7. The first-order valence-electron chi connectivity index (χ1n) is 10.7. The molecule has 2 aromatic rings. The molecule has 6 heteroatoms. The molecule has 0 fully saturated rings. The number of benzene rings is 1. The minimum absolute atomic E-state index is 0.00511. The van der Waals surface area contributed by atoms with Gasteiger partial charge in [0.05, 0.1) is 6.20 Å². The molecule has 32 heavy (non-hydrogen) atoms. The molecule has 0 spiro atoms. The fraction of sp³-hybridized carbons (Fsp3) is 0.308. The molecule has 0 saturated carbocycles. The van der Waals surface area contributed by atoms with Crippen LogP contribution < -0.4 is 11.1 Å². The number of carbonyl (C=O) groups excluding carboxylic acids is 1. The Bertz CT molecular complexity index is 993. The van der Waals surface area contributed by atoms with Crippen LogP contribution in [0.4, 0.5) is 0 Å². The number of amides is 1. The number of aryl methyl sites for hydroxylation is 1. The van der Waals surface area contributed by atoms with E-state index < -0.39 is 0 Å². The highest BCUT2D eigenvalue weighted by Gasteiger charge is 2.15. The lowest BCUT2D eigenvalue weighted by molar-refractivity contribution is -0.125. The number of aromatic nitrogens is 2. The van der Waals surface area contributed by atoms with Gasteiger partial charge in [0.15, 0.2) is 0 Å². The molecule has 0 aliphatic heterocycles. The van der Waals surface area contributed by atoms with Gasteiger partial charge in [0.25, 0.3) is 5.91 Å². The van der Waals surface area contributed by atoms with E-state index >= 15 is 0 Å². The Balaban J connectivity index is 0.00000249. The molecule has 1 aromatic carbocycles. The second-order valence-electron chi connectivity index (χ2n) is 7.23. The molecule has 6 nitrogen and oxygen atoms in total. The van der Waals surface area contributed by atoms with E-state index in [9.17, 15) is 4.79 Å². The molecule has 0 aliphatic rings. The molecule has 0 aliphatic carbocycles. The Labute approximate surface area is 192 Å². The fourth-order valence-corrected chi connectivity index (χ4v) is 3.09. The van der Waals surface area contributed by atoms with Crippen molar-refractivity contribution in [1.29, 1.82) is 0 Å². The Morgan fingerprint density at radius 2 is 1.88 bits per heavy atom. The molecule has 0 saturated heterocycles. The van der Waals surface area contributed by atoms with Gasteiger partial charge in [-0.3, -0.25) is 9.48 Å². The summed E-state index contributed by atoms with van der Waals surface area (Å²) in [5.41, 5.74) is 11.1. The van der Waals surface area contributed by atoms with Crippen LogP contribution in [0.2, 0.25) is 0 Å². The van der Waals surface area contributed by atoms with Crippen molar-refractivity contribution < 1.29 is 4.79 Å². The second-order valence-corrected chi connectivity index (χ2v) is 7.23. The van der Waals surface area contributed by atoms with Crippen molar-refractivity contribution in [3.63, 3.8) is 0 Å². The van der Waals surface area contributed by atoms with Crippen LogP contribution in [0.5, 0.6) is 0 Å². The number of nitrogens with one attached hydrogen (secondary N) is 1. The lowest BCUT2D eigenvalue weighted by Gasteiger charge is -2.18. The minimum Gasteiger partial charge on any atom is -0.393 e. The number of hydrogen-bond donors (Lipinski definition) is 2. The van der Waals surface area contributed by atoms with Gasteiger partial charge in [-0.15, -0.1) is 0 Å². The molecule has 1 heterocycles. The molecule has 0 atom stereocenters. The van der Waals surface area contributed by atoms with Crippen LogP contribution in [0.3, 0.4) is 0 Å². The van der Waals surface area contributed by atoms with Gasteiger partial charge in [-0.2, -0.15) is 5.10 Å². The number of hydrogen-bond acceptors (Lipinski definition) is 4. The van der Waals surface area contributed by atoms with Crippen molar-refractivity contribution in [2.75, 3.05) is 27.7 Å². The van der Waals surface area contributed by atoms with Crippen molar-refractivity contribution in [2.24, 2.45) is 12.8 Å².